The summed E-state index contributed by atoms with van der Waals surface area (Å²) in [6, 6.07) is 12.1. The summed E-state index contributed by atoms with van der Waals surface area (Å²) >= 11 is 12.3. The van der Waals surface area contributed by atoms with Crippen molar-refractivity contribution in [2.45, 2.75) is 26.8 Å². The van der Waals surface area contributed by atoms with Crippen molar-refractivity contribution < 1.29 is 0 Å². The molecule has 2 aromatic rings. The van der Waals surface area contributed by atoms with Crippen molar-refractivity contribution >= 4 is 28.9 Å². The Balaban J connectivity index is 2.28. The van der Waals surface area contributed by atoms with Crippen LogP contribution in [0.3, 0.4) is 0 Å². The standard InChI is InChI=1S/C16H17Cl2N/c1-10-6-4-9-15(11(10)2)19-12(3)13-7-5-8-14(17)16(13)18/h4-9,12,19H,1-3H3. The van der Waals surface area contributed by atoms with Gasteiger partial charge in [0.2, 0.25) is 0 Å². The maximum absolute atomic E-state index is 6.25. The normalized spacial score (nSPS) is 12.3. The van der Waals surface area contributed by atoms with Crippen molar-refractivity contribution in [3.8, 4) is 0 Å². The molecule has 0 spiro atoms. The smallest absolute Gasteiger partial charge is 0.0644 e. The van der Waals surface area contributed by atoms with Crippen LogP contribution >= 0.6 is 23.2 Å². The summed E-state index contributed by atoms with van der Waals surface area (Å²) in [4.78, 5) is 0. The van der Waals surface area contributed by atoms with Gasteiger partial charge in [0.1, 0.15) is 0 Å². The quantitative estimate of drug-likeness (QED) is 0.756. The highest BCUT2D eigenvalue weighted by Gasteiger charge is 2.12. The Hall–Kier alpha value is -1.18. The lowest BCUT2D eigenvalue weighted by molar-refractivity contribution is 0.882. The summed E-state index contributed by atoms with van der Waals surface area (Å²) in [5, 5.41) is 4.70. The van der Waals surface area contributed by atoms with Gasteiger partial charge >= 0.3 is 0 Å². The molecule has 1 unspecified atom stereocenters. The summed E-state index contributed by atoms with van der Waals surface area (Å²) in [5.74, 6) is 0. The molecule has 2 aromatic carbocycles. The summed E-state index contributed by atoms with van der Waals surface area (Å²) in [6.45, 7) is 6.31. The van der Waals surface area contributed by atoms with Crippen molar-refractivity contribution in [2.75, 3.05) is 5.32 Å². The number of nitrogens with one attached hydrogen (secondary N) is 1. The molecule has 2 rings (SSSR count). The fourth-order valence-corrected chi connectivity index (χ4v) is 2.54. The van der Waals surface area contributed by atoms with Crippen LogP contribution in [0.25, 0.3) is 0 Å². The van der Waals surface area contributed by atoms with E-state index in [9.17, 15) is 0 Å². The van der Waals surface area contributed by atoms with Crippen molar-refractivity contribution in [3.05, 3.63) is 63.1 Å². The van der Waals surface area contributed by atoms with E-state index < -0.39 is 0 Å². The molecular weight excluding hydrogens is 277 g/mol. The molecule has 0 aliphatic heterocycles. The van der Waals surface area contributed by atoms with E-state index in [1.54, 1.807) is 6.07 Å². The third-order valence-electron chi connectivity index (χ3n) is 3.42. The molecule has 0 saturated carbocycles. The van der Waals surface area contributed by atoms with Crippen LogP contribution in [0, 0.1) is 13.8 Å². The number of benzene rings is 2. The highest BCUT2D eigenvalue weighted by molar-refractivity contribution is 6.42. The van der Waals surface area contributed by atoms with Gasteiger partial charge in [0.05, 0.1) is 16.1 Å². The van der Waals surface area contributed by atoms with Gasteiger partial charge in [0.15, 0.2) is 0 Å². The molecule has 0 heterocycles. The lowest BCUT2D eigenvalue weighted by Gasteiger charge is -2.19. The van der Waals surface area contributed by atoms with Gasteiger partial charge in [-0.25, -0.2) is 0 Å². The van der Waals surface area contributed by atoms with Gasteiger partial charge in [-0.15, -0.1) is 0 Å². The highest BCUT2D eigenvalue weighted by atomic mass is 35.5. The third kappa shape index (κ3) is 3.05. The molecule has 0 saturated heterocycles. The van der Waals surface area contributed by atoms with Crippen molar-refractivity contribution in [3.63, 3.8) is 0 Å². The van der Waals surface area contributed by atoms with Crippen LogP contribution in [0.5, 0.6) is 0 Å². The van der Waals surface area contributed by atoms with Crippen LogP contribution in [-0.4, -0.2) is 0 Å². The van der Waals surface area contributed by atoms with Crippen LogP contribution in [0.1, 0.15) is 29.7 Å². The third-order valence-corrected chi connectivity index (χ3v) is 4.26. The first-order valence-electron chi connectivity index (χ1n) is 6.27. The van der Waals surface area contributed by atoms with Crippen molar-refractivity contribution in [1.29, 1.82) is 0 Å². The molecule has 1 nitrogen and oxygen atoms in total. The minimum absolute atomic E-state index is 0.103. The molecule has 1 atom stereocenters. The molecular formula is C16H17Cl2N. The predicted molar refractivity (Wildman–Crippen MR) is 84.4 cm³/mol. The minimum atomic E-state index is 0.103. The van der Waals surface area contributed by atoms with Crippen LogP contribution in [0.15, 0.2) is 36.4 Å². The highest BCUT2D eigenvalue weighted by Crippen LogP contribution is 2.32. The van der Waals surface area contributed by atoms with Crippen LogP contribution < -0.4 is 5.32 Å². The van der Waals surface area contributed by atoms with Crippen LogP contribution in [-0.2, 0) is 0 Å². The van der Waals surface area contributed by atoms with Gasteiger partial charge < -0.3 is 5.32 Å². The molecule has 0 amide bonds. The summed E-state index contributed by atoms with van der Waals surface area (Å²) in [6.07, 6.45) is 0. The molecule has 0 aromatic heterocycles. The Morgan fingerprint density at radius 1 is 1.00 bits per heavy atom. The topological polar surface area (TPSA) is 12.0 Å². The Morgan fingerprint density at radius 3 is 2.42 bits per heavy atom. The second kappa shape index (κ2) is 5.85. The van der Waals surface area contributed by atoms with Gasteiger partial charge in [0, 0.05) is 5.69 Å². The Labute approximate surface area is 124 Å². The molecule has 1 N–H and O–H groups in total. The van der Waals surface area contributed by atoms with Gasteiger partial charge in [-0.3, -0.25) is 0 Å². The number of halogens is 2. The van der Waals surface area contributed by atoms with Crippen LogP contribution in [0.4, 0.5) is 5.69 Å². The van der Waals surface area contributed by atoms with Gasteiger partial charge in [-0.2, -0.15) is 0 Å². The number of aryl methyl sites for hydroxylation is 1. The molecule has 100 valence electrons. The second-order valence-electron chi connectivity index (χ2n) is 4.76. The predicted octanol–water partition coefficient (Wildman–Crippen LogP) is 5.78. The molecule has 3 heteroatoms. The fraction of sp³-hybridized carbons (Fsp3) is 0.250. The van der Waals surface area contributed by atoms with E-state index in [1.165, 1.54) is 11.1 Å². The van der Waals surface area contributed by atoms with Gasteiger partial charge in [0.25, 0.3) is 0 Å². The minimum Gasteiger partial charge on any atom is -0.378 e. The van der Waals surface area contributed by atoms with E-state index in [4.69, 9.17) is 23.2 Å². The van der Waals surface area contributed by atoms with E-state index in [-0.39, 0.29) is 6.04 Å². The van der Waals surface area contributed by atoms with Crippen LogP contribution in [0.2, 0.25) is 10.0 Å². The Bertz CT molecular complexity index is 593. The number of anilines is 1. The zero-order chi connectivity index (χ0) is 14.0. The molecule has 0 fully saturated rings. The molecule has 0 aliphatic rings. The van der Waals surface area contributed by atoms with E-state index in [0.29, 0.717) is 10.0 Å². The van der Waals surface area contributed by atoms with Gasteiger partial charge in [-0.1, -0.05) is 47.5 Å². The summed E-state index contributed by atoms with van der Waals surface area (Å²) in [7, 11) is 0. The van der Waals surface area contributed by atoms with E-state index in [1.807, 2.05) is 12.1 Å². The SMILES string of the molecule is Cc1cccc(NC(C)c2cccc(Cl)c2Cl)c1C. The average molecular weight is 294 g/mol. The Kier molecular flexibility index (Phi) is 4.38. The average Bonchev–Trinajstić information content (AvgIpc) is 2.38. The first-order chi connectivity index (χ1) is 9.00. The Morgan fingerprint density at radius 2 is 1.68 bits per heavy atom. The largest absolute Gasteiger partial charge is 0.378 e. The first-order valence-corrected chi connectivity index (χ1v) is 7.03. The first kappa shape index (κ1) is 14.2. The summed E-state index contributed by atoms with van der Waals surface area (Å²) < 4.78 is 0. The number of hydrogen-bond donors (Lipinski definition) is 1. The second-order valence-corrected chi connectivity index (χ2v) is 5.54. The zero-order valence-electron chi connectivity index (χ0n) is 11.3. The molecule has 0 bridgehead atoms. The molecule has 0 aliphatic carbocycles. The van der Waals surface area contributed by atoms with Gasteiger partial charge in [-0.05, 0) is 49.6 Å². The van der Waals surface area contributed by atoms with E-state index in [0.717, 1.165) is 11.3 Å². The lowest BCUT2D eigenvalue weighted by Crippen LogP contribution is -2.08. The molecule has 19 heavy (non-hydrogen) atoms. The number of hydrogen-bond acceptors (Lipinski definition) is 1. The maximum Gasteiger partial charge on any atom is 0.0644 e. The summed E-state index contributed by atoms with van der Waals surface area (Å²) in [5.41, 5.74) is 4.67. The molecule has 0 radical (unpaired) electrons. The van der Waals surface area contributed by atoms with Crippen molar-refractivity contribution in [1.82, 2.24) is 0 Å². The monoisotopic (exact) mass is 293 g/mol. The lowest BCUT2D eigenvalue weighted by atomic mass is 10.0. The maximum atomic E-state index is 6.25. The van der Waals surface area contributed by atoms with Crippen molar-refractivity contribution in [2.24, 2.45) is 0 Å². The van der Waals surface area contributed by atoms with E-state index >= 15 is 0 Å². The number of rotatable bonds is 3. The fourth-order valence-electron chi connectivity index (χ4n) is 2.07. The zero-order valence-corrected chi connectivity index (χ0v) is 12.8. The van der Waals surface area contributed by atoms with E-state index in [2.05, 4.69) is 44.3 Å².